The van der Waals surface area contributed by atoms with Crippen molar-refractivity contribution in [3.05, 3.63) is 71.8 Å². The van der Waals surface area contributed by atoms with Crippen molar-refractivity contribution in [2.45, 2.75) is 77.0 Å². The molecule has 2 unspecified atom stereocenters. The number of aromatic nitrogens is 2. The van der Waals surface area contributed by atoms with Crippen molar-refractivity contribution < 1.29 is 38.1 Å². The Kier molecular flexibility index (Phi) is 12.3. The topological polar surface area (TPSA) is 171 Å². The van der Waals surface area contributed by atoms with Crippen LogP contribution in [0.3, 0.4) is 0 Å². The number of amides is 2. The molecule has 4 N–H and O–H groups in total. The van der Waals surface area contributed by atoms with E-state index in [1.54, 1.807) is 51.1 Å². The van der Waals surface area contributed by atoms with Crippen LogP contribution in [0.25, 0.3) is 11.0 Å². The Balaban J connectivity index is 1.96. The van der Waals surface area contributed by atoms with Gasteiger partial charge in [-0.25, -0.2) is 9.37 Å². The van der Waals surface area contributed by atoms with Crippen LogP contribution >= 0.6 is 0 Å². The molecule has 1 heterocycles. The fourth-order valence-corrected chi connectivity index (χ4v) is 4.65. The molecule has 2 aromatic carbocycles. The molecule has 236 valence electrons. The molecule has 11 nitrogen and oxygen atoms in total. The number of para-hydroxylation sites is 2. The molecule has 0 aliphatic rings. The second kappa shape index (κ2) is 15.9. The fourth-order valence-electron chi connectivity index (χ4n) is 4.65. The van der Waals surface area contributed by atoms with Gasteiger partial charge < -0.3 is 25.6 Å². The van der Waals surface area contributed by atoms with Crippen LogP contribution in [-0.2, 0) is 30.3 Å². The number of nitrogens with one attached hydrogen (secondary N) is 1. The molecule has 0 aliphatic heterocycles. The fraction of sp³-hybridized carbons (Fsp3) is 0.438. The minimum atomic E-state index is -1.13. The monoisotopic (exact) mass is 610 g/mol. The highest BCUT2D eigenvalue weighted by molar-refractivity contribution is 5.94. The van der Waals surface area contributed by atoms with Crippen LogP contribution in [0.15, 0.2) is 54.7 Å². The minimum absolute atomic E-state index is 0.00573. The van der Waals surface area contributed by atoms with E-state index < -0.39 is 53.2 Å². The predicted molar refractivity (Wildman–Crippen MR) is 159 cm³/mol. The number of nitrogens with two attached hydrogens (primary N) is 1. The van der Waals surface area contributed by atoms with E-state index in [4.69, 9.17) is 15.2 Å². The number of hydrogen-bond acceptors (Lipinski definition) is 9. The molecule has 0 fully saturated rings. The lowest BCUT2D eigenvalue weighted by Gasteiger charge is -2.31. The number of hydrogen-bond donors (Lipinski definition) is 3. The molecule has 12 heteroatoms. The molecule has 0 spiro atoms. The number of carbonyl (C=O) groups excluding carboxylic acids is 4. The number of rotatable bonds is 16. The Morgan fingerprint density at radius 2 is 1.75 bits per heavy atom. The largest absolute Gasteiger partial charge is 0.466 e. The number of fused-ring (bicyclic) bond motifs is 1. The van der Waals surface area contributed by atoms with Gasteiger partial charge in [-0.2, -0.15) is 0 Å². The summed E-state index contributed by atoms with van der Waals surface area (Å²) in [7, 11) is 0. The number of esters is 2. The van der Waals surface area contributed by atoms with Crippen molar-refractivity contribution in [1.29, 1.82) is 0 Å². The highest BCUT2D eigenvalue weighted by Crippen LogP contribution is 2.24. The zero-order chi connectivity index (χ0) is 32.3. The first-order valence-corrected chi connectivity index (χ1v) is 14.5. The maximum absolute atomic E-state index is 14.2. The van der Waals surface area contributed by atoms with E-state index in [0.717, 1.165) is 0 Å². The Morgan fingerprint density at radius 3 is 2.41 bits per heavy atom. The standard InChI is InChI=1S/C32H39FN4O7/c1-4-43-28(38)12-13-29(39)44-27(18-21(30(34)40)14-15-32(2,3)42)25(17-20-8-7-9-22(33)16-20)37-31(41)26-19-35-23-10-5-6-11-24(23)36-26/h5-11,16,19,21,25,27,42H,4,12-15,17-18H2,1-3H3,(H2,34,40)(H,37,41)/t21?,25-,27?/m0/s1. The molecular formula is C32H39FN4O7. The zero-order valence-corrected chi connectivity index (χ0v) is 25.1. The summed E-state index contributed by atoms with van der Waals surface area (Å²) in [5, 5.41) is 13.1. The van der Waals surface area contributed by atoms with E-state index in [9.17, 15) is 28.7 Å². The first-order valence-electron chi connectivity index (χ1n) is 14.5. The van der Waals surface area contributed by atoms with Gasteiger partial charge >= 0.3 is 11.9 Å². The van der Waals surface area contributed by atoms with Gasteiger partial charge in [0.25, 0.3) is 5.91 Å². The molecule has 3 atom stereocenters. The van der Waals surface area contributed by atoms with Crippen molar-refractivity contribution in [3.8, 4) is 0 Å². The Morgan fingerprint density at radius 1 is 1.05 bits per heavy atom. The molecule has 0 radical (unpaired) electrons. The highest BCUT2D eigenvalue weighted by atomic mass is 19.1. The van der Waals surface area contributed by atoms with Crippen LogP contribution in [0.4, 0.5) is 4.39 Å². The van der Waals surface area contributed by atoms with Gasteiger partial charge in [0.1, 0.15) is 17.6 Å². The third-order valence-corrected chi connectivity index (χ3v) is 6.94. The van der Waals surface area contributed by atoms with Gasteiger partial charge in [-0.1, -0.05) is 24.3 Å². The number of nitrogens with zero attached hydrogens (tertiary/aromatic N) is 2. The number of primary amides is 1. The van der Waals surface area contributed by atoms with Gasteiger partial charge in [-0.3, -0.25) is 24.2 Å². The van der Waals surface area contributed by atoms with E-state index in [2.05, 4.69) is 15.3 Å². The van der Waals surface area contributed by atoms with Crippen molar-refractivity contribution >= 4 is 34.8 Å². The van der Waals surface area contributed by atoms with Gasteiger partial charge in [0.2, 0.25) is 5.91 Å². The summed E-state index contributed by atoms with van der Waals surface area (Å²) in [6.07, 6.45) is -0.0686. The molecule has 1 aromatic heterocycles. The molecule has 0 saturated carbocycles. The van der Waals surface area contributed by atoms with E-state index in [1.807, 2.05) is 0 Å². The lowest BCUT2D eigenvalue weighted by molar-refractivity contribution is -0.155. The minimum Gasteiger partial charge on any atom is -0.466 e. The lowest BCUT2D eigenvalue weighted by atomic mass is 9.87. The summed E-state index contributed by atoms with van der Waals surface area (Å²) in [4.78, 5) is 59.5. The van der Waals surface area contributed by atoms with Gasteiger partial charge in [-0.05, 0) is 76.3 Å². The quantitative estimate of drug-likeness (QED) is 0.206. The maximum Gasteiger partial charge on any atom is 0.306 e. The number of aliphatic hydroxyl groups is 1. The van der Waals surface area contributed by atoms with Crippen molar-refractivity contribution in [1.82, 2.24) is 15.3 Å². The highest BCUT2D eigenvalue weighted by Gasteiger charge is 2.33. The van der Waals surface area contributed by atoms with Crippen LogP contribution in [-0.4, -0.2) is 63.2 Å². The molecule has 0 saturated heterocycles. The van der Waals surface area contributed by atoms with Crippen LogP contribution in [0, 0.1) is 11.7 Å². The third-order valence-electron chi connectivity index (χ3n) is 6.94. The molecule has 0 aliphatic carbocycles. The van der Waals surface area contributed by atoms with E-state index in [-0.39, 0.29) is 50.8 Å². The summed E-state index contributed by atoms with van der Waals surface area (Å²) >= 11 is 0. The normalized spacial score (nSPS) is 13.5. The number of carbonyl (C=O) groups is 4. The van der Waals surface area contributed by atoms with Crippen molar-refractivity contribution in [2.24, 2.45) is 11.7 Å². The number of halogens is 1. The predicted octanol–water partition coefficient (Wildman–Crippen LogP) is 3.41. The smallest absolute Gasteiger partial charge is 0.306 e. The summed E-state index contributed by atoms with van der Waals surface area (Å²) in [6, 6.07) is 11.7. The zero-order valence-electron chi connectivity index (χ0n) is 25.1. The van der Waals surface area contributed by atoms with Crippen LogP contribution < -0.4 is 11.1 Å². The molecular weight excluding hydrogens is 571 g/mol. The third kappa shape index (κ3) is 11.0. The number of ether oxygens (including phenoxy) is 2. The molecule has 3 rings (SSSR count). The molecule has 0 bridgehead atoms. The first kappa shape index (κ1) is 34.0. The van der Waals surface area contributed by atoms with E-state index in [1.165, 1.54) is 24.4 Å². The van der Waals surface area contributed by atoms with Crippen LogP contribution in [0.2, 0.25) is 0 Å². The first-order chi connectivity index (χ1) is 20.8. The van der Waals surface area contributed by atoms with Gasteiger partial charge in [0, 0.05) is 5.92 Å². The van der Waals surface area contributed by atoms with Crippen molar-refractivity contribution in [3.63, 3.8) is 0 Å². The summed E-state index contributed by atoms with van der Waals surface area (Å²) in [6.45, 7) is 4.98. The Labute approximate surface area is 255 Å². The molecule has 2 amide bonds. The van der Waals surface area contributed by atoms with E-state index >= 15 is 0 Å². The summed E-state index contributed by atoms with van der Waals surface area (Å²) < 4.78 is 24.8. The van der Waals surface area contributed by atoms with E-state index in [0.29, 0.717) is 16.6 Å². The van der Waals surface area contributed by atoms with Crippen LogP contribution in [0.1, 0.15) is 68.9 Å². The average Bonchev–Trinajstić information content (AvgIpc) is 2.96. The summed E-state index contributed by atoms with van der Waals surface area (Å²) in [5.74, 6) is -4.02. The molecule has 44 heavy (non-hydrogen) atoms. The second-order valence-corrected chi connectivity index (χ2v) is 11.2. The summed E-state index contributed by atoms with van der Waals surface area (Å²) in [5.41, 5.74) is 6.18. The number of benzene rings is 2. The Bertz CT molecular complexity index is 1460. The van der Waals surface area contributed by atoms with Gasteiger partial charge in [0.05, 0.1) is 48.3 Å². The SMILES string of the molecule is CCOC(=O)CCC(=O)OC(CC(CCC(C)(C)O)C(N)=O)[C@H](Cc1cccc(F)c1)NC(=O)c1cnc2ccccc2n1. The average molecular weight is 611 g/mol. The Hall–Kier alpha value is -4.45. The van der Waals surface area contributed by atoms with Gasteiger partial charge in [0.15, 0.2) is 0 Å². The van der Waals surface area contributed by atoms with Gasteiger partial charge in [-0.15, -0.1) is 0 Å². The second-order valence-electron chi connectivity index (χ2n) is 11.2. The maximum atomic E-state index is 14.2. The lowest BCUT2D eigenvalue weighted by Crippen LogP contribution is -2.48. The van der Waals surface area contributed by atoms with Crippen LogP contribution in [0.5, 0.6) is 0 Å². The van der Waals surface area contributed by atoms with Crippen molar-refractivity contribution in [2.75, 3.05) is 6.61 Å². The molecule has 3 aromatic rings.